The third-order valence-electron chi connectivity index (χ3n) is 1.91. The van der Waals surface area contributed by atoms with Crippen LogP contribution in [-0.2, 0) is 4.74 Å². The van der Waals surface area contributed by atoms with Gasteiger partial charge in [-0.1, -0.05) is 0 Å². The first-order chi connectivity index (χ1) is 6.49. The fraction of sp³-hybridized carbons (Fsp3) is 0.222. The Morgan fingerprint density at radius 2 is 2.21 bits per heavy atom. The summed E-state index contributed by atoms with van der Waals surface area (Å²) in [6.45, 7) is 1.86. The molecule has 0 bridgehead atoms. The van der Waals surface area contributed by atoms with E-state index in [0.717, 1.165) is 13.6 Å². The monoisotopic (exact) mass is 369 g/mol. The summed E-state index contributed by atoms with van der Waals surface area (Å²) in [6, 6.07) is 1.71. The molecular formula is C9H9BrINO2. The minimum atomic E-state index is -0.406. The molecule has 0 aromatic heterocycles. The molecule has 3 nitrogen and oxygen atoms in total. The van der Waals surface area contributed by atoms with Crippen molar-refractivity contribution in [3.05, 3.63) is 25.2 Å². The number of ether oxygens (including phenoxy) is 1. The van der Waals surface area contributed by atoms with Gasteiger partial charge in [-0.3, -0.25) is 0 Å². The van der Waals surface area contributed by atoms with Gasteiger partial charge in [-0.25, -0.2) is 4.79 Å². The van der Waals surface area contributed by atoms with E-state index in [2.05, 4.69) is 43.3 Å². The topological polar surface area (TPSA) is 52.3 Å². The number of carbonyl (C=O) groups is 1. The van der Waals surface area contributed by atoms with E-state index in [9.17, 15) is 4.79 Å². The average Bonchev–Trinajstić information content (AvgIpc) is 2.19. The van der Waals surface area contributed by atoms with Crippen LogP contribution >= 0.6 is 38.5 Å². The van der Waals surface area contributed by atoms with Crippen LogP contribution in [0.25, 0.3) is 0 Å². The summed E-state index contributed by atoms with van der Waals surface area (Å²) in [4.78, 5) is 11.3. The largest absolute Gasteiger partial charge is 0.465 e. The summed E-state index contributed by atoms with van der Waals surface area (Å²) in [6.07, 6.45) is 0. The highest BCUT2D eigenvalue weighted by atomic mass is 127. The fourth-order valence-corrected chi connectivity index (χ4v) is 2.09. The van der Waals surface area contributed by atoms with E-state index in [1.807, 2.05) is 6.92 Å². The van der Waals surface area contributed by atoms with Crippen molar-refractivity contribution in [1.29, 1.82) is 0 Å². The van der Waals surface area contributed by atoms with Crippen LogP contribution in [0.2, 0.25) is 0 Å². The van der Waals surface area contributed by atoms with Gasteiger partial charge in [-0.2, -0.15) is 0 Å². The molecule has 0 aliphatic heterocycles. The Labute approximate surface area is 104 Å². The van der Waals surface area contributed by atoms with Crippen LogP contribution < -0.4 is 5.73 Å². The van der Waals surface area contributed by atoms with Crippen molar-refractivity contribution >= 4 is 50.2 Å². The SMILES string of the molecule is COC(=O)c1cc(I)c(Br)c(C)c1N. The molecule has 0 aliphatic rings. The van der Waals surface area contributed by atoms with E-state index < -0.39 is 5.97 Å². The maximum Gasteiger partial charge on any atom is 0.340 e. The van der Waals surface area contributed by atoms with Gasteiger partial charge in [0.15, 0.2) is 0 Å². The summed E-state index contributed by atoms with van der Waals surface area (Å²) in [7, 11) is 1.34. The summed E-state index contributed by atoms with van der Waals surface area (Å²) >= 11 is 5.53. The number of nitrogens with two attached hydrogens (primary N) is 1. The zero-order valence-electron chi connectivity index (χ0n) is 7.73. The number of carbonyl (C=O) groups excluding carboxylic acids is 1. The highest BCUT2D eigenvalue weighted by Gasteiger charge is 2.15. The van der Waals surface area contributed by atoms with Crippen LogP contribution in [0.5, 0.6) is 0 Å². The Balaban J connectivity index is 3.40. The number of hydrogen-bond acceptors (Lipinski definition) is 3. The van der Waals surface area contributed by atoms with Crippen LogP contribution in [0.4, 0.5) is 5.69 Å². The standard InChI is InChI=1S/C9H9BrINO2/c1-4-7(10)6(11)3-5(8(4)12)9(13)14-2/h3H,12H2,1-2H3. The van der Waals surface area contributed by atoms with E-state index in [-0.39, 0.29) is 0 Å². The molecule has 0 unspecified atom stereocenters. The second-order valence-electron chi connectivity index (χ2n) is 2.75. The van der Waals surface area contributed by atoms with Gasteiger partial charge in [0, 0.05) is 8.04 Å². The minimum Gasteiger partial charge on any atom is -0.465 e. The van der Waals surface area contributed by atoms with E-state index in [0.29, 0.717) is 11.3 Å². The predicted octanol–water partition coefficient (Wildman–Crippen LogP) is 2.73. The van der Waals surface area contributed by atoms with Gasteiger partial charge >= 0.3 is 5.97 Å². The molecule has 0 fully saturated rings. The zero-order valence-corrected chi connectivity index (χ0v) is 11.5. The lowest BCUT2D eigenvalue weighted by atomic mass is 10.1. The lowest BCUT2D eigenvalue weighted by molar-refractivity contribution is 0.0602. The number of halogens is 2. The van der Waals surface area contributed by atoms with Crippen molar-refractivity contribution in [2.75, 3.05) is 12.8 Å². The zero-order chi connectivity index (χ0) is 10.9. The first-order valence-corrected chi connectivity index (χ1v) is 5.68. The molecule has 0 atom stereocenters. The highest BCUT2D eigenvalue weighted by Crippen LogP contribution is 2.30. The van der Waals surface area contributed by atoms with E-state index >= 15 is 0 Å². The third kappa shape index (κ3) is 2.03. The molecule has 2 N–H and O–H groups in total. The molecule has 1 rings (SSSR count). The fourth-order valence-electron chi connectivity index (χ4n) is 1.05. The van der Waals surface area contributed by atoms with Crippen molar-refractivity contribution in [2.45, 2.75) is 6.92 Å². The molecule has 1 aromatic rings. The molecule has 0 saturated heterocycles. The predicted molar refractivity (Wildman–Crippen MR) is 67.3 cm³/mol. The third-order valence-corrected chi connectivity index (χ3v) is 4.52. The van der Waals surface area contributed by atoms with E-state index in [1.54, 1.807) is 6.07 Å². The van der Waals surface area contributed by atoms with Crippen molar-refractivity contribution in [3.8, 4) is 0 Å². The normalized spacial score (nSPS) is 10.0. The van der Waals surface area contributed by atoms with Crippen LogP contribution in [0.15, 0.2) is 10.5 Å². The van der Waals surface area contributed by atoms with E-state index in [1.165, 1.54) is 7.11 Å². The van der Waals surface area contributed by atoms with Crippen molar-refractivity contribution < 1.29 is 9.53 Å². The lowest BCUT2D eigenvalue weighted by Crippen LogP contribution is -2.08. The van der Waals surface area contributed by atoms with Gasteiger partial charge in [0.1, 0.15) is 0 Å². The molecule has 0 radical (unpaired) electrons. The number of methoxy groups -OCH3 is 1. The Kier molecular flexibility index (Phi) is 3.77. The summed E-state index contributed by atoms with van der Waals surface area (Å²) in [5, 5.41) is 0. The maximum absolute atomic E-state index is 11.3. The van der Waals surface area contributed by atoms with Crippen LogP contribution in [0.3, 0.4) is 0 Å². The Hall–Kier alpha value is -0.300. The number of nitrogen functional groups attached to an aromatic ring is 1. The molecule has 0 heterocycles. The average molecular weight is 370 g/mol. The van der Waals surface area contributed by atoms with Crippen molar-refractivity contribution in [2.24, 2.45) is 0 Å². The molecular weight excluding hydrogens is 361 g/mol. The molecule has 0 spiro atoms. The van der Waals surface area contributed by atoms with Crippen LogP contribution in [-0.4, -0.2) is 13.1 Å². The Morgan fingerprint density at radius 1 is 1.64 bits per heavy atom. The number of anilines is 1. The molecule has 14 heavy (non-hydrogen) atoms. The Morgan fingerprint density at radius 3 is 2.71 bits per heavy atom. The van der Waals surface area contributed by atoms with E-state index in [4.69, 9.17) is 5.73 Å². The maximum atomic E-state index is 11.3. The number of esters is 1. The lowest BCUT2D eigenvalue weighted by Gasteiger charge is -2.10. The van der Waals surface area contributed by atoms with Gasteiger partial charge in [0.05, 0.1) is 18.4 Å². The first-order valence-electron chi connectivity index (χ1n) is 3.81. The molecule has 76 valence electrons. The quantitative estimate of drug-likeness (QED) is 0.470. The second-order valence-corrected chi connectivity index (χ2v) is 4.71. The molecule has 1 aromatic carbocycles. The summed E-state index contributed by atoms with van der Waals surface area (Å²) in [5.74, 6) is -0.406. The summed E-state index contributed by atoms with van der Waals surface area (Å²) < 4.78 is 6.49. The van der Waals surface area contributed by atoms with Gasteiger partial charge in [-0.15, -0.1) is 0 Å². The van der Waals surface area contributed by atoms with Gasteiger partial charge in [0.25, 0.3) is 0 Å². The first kappa shape index (κ1) is 11.8. The van der Waals surface area contributed by atoms with Gasteiger partial charge < -0.3 is 10.5 Å². The highest BCUT2D eigenvalue weighted by molar-refractivity contribution is 14.1. The van der Waals surface area contributed by atoms with Crippen LogP contribution in [0.1, 0.15) is 15.9 Å². The number of rotatable bonds is 1. The Bertz CT molecular complexity index is 393. The van der Waals surface area contributed by atoms with Gasteiger partial charge in [0.2, 0.25) is 0 Å². The second kappa shape index (κ2) is 4.48. The van der Waals surface area contributed by atoms with Gasteiger partial charge in [-0.05, 0) is 57.1 Å². The molecule has 0 saturated carbocycles. The summed E-state index contributed by atoms with van der Waals surface area (Å²) in [5.41, 5.74) is 7.53. The van der Waals surface area contributed by atoms with Crippen LogP contribution in [0, 0.1) is 10.5 Å². The number of benzene rings is 1. The number of hydrogen-bond donors (Lipinski definition) is 1. The molecule has 0 amide bonds. The smallest absolute Gasteiger partial charge is 0.340 e. The minimum absolute atomic E-state index is 0.406. The molecule has 0 aliphatic carbocycles. The van der Waals surface area contributed by atoms with Crippen molar-refractivity contribution in [3.63, 3.8) is 0 Å². The molecule has 5 heteroatoms. The van der Waals surface area contributed by atoms with Crippen molar-refractivity contribution in [1.82, 2.24) is 0 Å².